The van der Waals surface area contributed by atoms with Crippen LogP contribution in [0.3, 0.4) is 0 Å². The zero-order chi connectivity index (χ0) is 18.6. The third kappa shape index (κ3) is 5.52. The van der Waals surface area contributed by atoms with Gasteiger partial charge in [0.25, 0.3) is 5.91 Å². The maximum atomic E-state index is 13.1. The highest BCUT2D eigenvalue weighted by Gasteiger charge is 2.35. The third-order valence-corrected chi connectivity index (χ3v) is 6.04. The Morgan fingerprint density at radius 2 is 1.69 bits per heavy atom. The lowest BCUT2D eigenvalue weighted by molar-refractivity contribution is 0.0786. The van der Waals surface area contributed by atoms with Crippen molar-refractivity contribution in [3.8, 4) is 0 Å². The van der Waals surface area contributed by atoms with E-state index in [1.54, 1.807) is 0 Å². The monoisotopic (exact) mass is 435 g/mol. The van der Waals surface area contributed by atoms with Crippen molar-refractivity contribution in [2.24, 2.45) is 11.7 Å². The molecule has 2 heterocycles. The van der Waals surface area contributed by atoms with Gasteiger partial charge in [0.15, 0.2) is 0 Å². The summed E-state index contributed by atoms with van der Waals surface area (Å²) in [6, 6.07) is 18.6. The smallest absolute Gasteiger partial charge is 0.253 e. The lowest BCUT2D eigenvalue weighted by Crippen LogP contribution is -2.30. The zero-order valence-corrected chi connectivity index (χ0v) is 18.3. The van der Waals surface area contributed by atoms with E-state index in [2.05, 4.69) is 41.3 Å². The van der Waals surface area contributed by atoms with E-state index < -0.39 is 0 Å². The van der Waals surface area contributed by atoms with Gasteiger partial charge in [0.1, 0.15) is 0 Å². The summed E-state index contributed by atoms with van der Waals surface area (Å²) in [4.78, 5) is 17.6. The normalized spacial score (nSPS) is 21.5. The van der Waals surface area contributed by atoms with Gasteiger partial charge in [0.2, 0.25) is 0 Å². The molecule has 158 valence electrons. The number of likely N-dealkylation sites (tertiary alicyclic amines) is 2. The van der Waals surface area contributed by atoms with E-state index in [1.165, 1.54) is 37.1 Å². The highest BCUT2D eigenvalue weighted by Crippen LogP contribution is 2.32. The summed E-state index contributed by atoms with van der Waals surface area (Å²) >= 11 is 0. The maximum absolute atomic E-state index is 13.1. The van der Waals surface area contributed by atoms with Gasteiger partial charge < -0.3 is 10.6 Å². The fourth-order valence-electron chi connectivity index (χ4n) is 4.54. The van der Waals surface area contributed by atoms with Crippen molar-refractivity contribution in [3.63, 3.8) is 0 Å². The molecule has 2 aliphatic rings. The Hall–Kier alpha value is -1.59. The number of carbonyl (C=O) groups is 1. The molecule has 2 fully saturated rings. The first-order chi connectivity index (χ1) is 13.2. The van der Waals surface area contributed by atoms with E-state index in [-0.39, 0.29) is 30.7 Å². The number of nitrogens with two attached hydrogens (primary N) is 1. The van der Waals surface area contributed by atoms with Crippen LogP contribution in [0.15, 0.2) is 54.6 Å². The Kier molecular flexibility index (Phi) is 8.97. The van der Waals surface area contributed by atoms with Crippen molar-refractivity contribution in [1.29, 1.82) is 0 Å². The molecule has 6 heteroatoms. The highest BCUT2D eigenvalue weighted by molar-refractivity contribution is 5.94. The quantitative estimate of drug-likeness (QED) is 0.773. The van der Waals surface area contributed by atoms with Crippen LogP contribution in [0.2, 0.25) is 0 Å². The van der Waals surface area contributed by atoms with Crippen LogP contribution < -0.4 is 5.73 Å². The van der Waals surface area contributed by atoms with Crippen molar-refractivity contribution in [1.82, 2.24) is 9.80 Å². The standard InChI is InChI=1S/C23H29N3O.2ClH/c24-14-21-16-26(17-22(21)19-8-2-1-3-9-19)23(27)20-10-6-7-18(13-20)15-25-11-4-5-12-25;;/h1-3,6-10,13,21-22H,4-5,11-12,14-17,24H2;2*1H/t21-,22+;;/m1../s1. The number of rotatable bonds is 5. The fraction of sp³-hybridized carbons (Fsp3) is 0.435. The van der Waals surface area contributed by atoms with Gasteiger partial charge in [-0.2, -0.15) is 0 Å². The molecular weight excluding hydrogens is 405 g/mol. The molecule has 1 amide bonds. The van der Waals surface area contributed by atoms with Gasteiger partial charge in [-0.1, -0.05) is 42.5 Å². The maximum Gasteiger partial charge on any atom is 0.253 e. The average molecular weight is 436 g/mol. The van der Waals surface area contributed by atoms with E-state index in [9.17, 15) is 4.79 Å². The van der Waals surface area contributed by atoms with E-state index in [0.717, 1.165) is 25.2 Å². The molecule has 0 bridgehead atoms. The summed E-state index contributed by atoms with van der Waals surface area (Å²) in [6.07, 6.45) is 2.57. The summed E-state index contributed by atoms with van der Waals surface area (Å²) in [5.74, 6) is 0.784. The second kappa shape index (κ2) is 11.0. The number of hydrogen-bond acceptors (Lipinski definition) is 3. The van der Waals surface area contributed by atoms with E-state index >= 15 is 0 Å². The molecule has 0 aromatic heterocycles. The summed E-state index contributed by atoms with van der Waals surface area (Å²) in [5.41, 5.74) is 9.35. The Bertz CT molecular complexity index is 781. The summed E-state index contributed by atoms with van der Waals surface area (Å²) in [7, 11) is 0. The second-order valence-electron chi connectivity index (χ2n) is 7.91. The Labute approximate surface area is 186 Å². The molecule has 2 N–H and O–H groups in total. The van der Waals surface area contributed by atoms with Crippen LogP contribution in [-0.4, -0.2) is 48.4 Å². The van der Waals surface area contributed by atoms with Crippen LogP contribution >= 0.6 is 24.8 Å². The van der Waals surface area contributed by atoms with Crippen molar-refractivity contribution in [2.75, 3.05) is 32.7 Å². The van der Waals surface area contributed by atoms with Gasteiger partial charge in [0.05, 0.1) is 0 Å². The minimum Gasteiger partial charge on any atom is -0.338 e. The number of hydrogen-bond donors (Lipinski definition) is 1. The van der Waals surface area contributed by atoms with Crippen molar-refractivity contribution >= 4 is 30.7 Å². The first-order valence-electron chi connectivity index (χ1n) is 10.1. The third-order valence-electron chi connectivity index (χ3n) is 6.04. The predicted octanol–water partition coefficient (Wildman–Crippen LogP) is 3.94. The van der Waals surface area contributed by atoms with Gasteiger partial charge in [-0.3, -0.25) is 9.69 Å². The molecule has 2 aliphatic heterocycles. The zero-order valence-electron chi connectivity index (χ0n) is 16.7. The van der Waals surface area contributed by atoms with Crippen LogP contribution in [0.1, 0.15) is 40.2 Å². The molecule has 29 heavy (non-hydrogen) atoms. The number of benzene rings is 2. The Balaban J connectivity index is 0.00000150. The molecule has 2 atom stereocenters. The van der Waals surface area contributed by atoms with Gasteiger partial charge >= 0.3 is 0 Å². The molecule has 2 aromatic carbocycles. The van der Waals surface area contributed by atoms with Gasteiger partial charge in [-0.25, -0.2) is 0 Å². The number of halogens is 2. The van der Waals surface area contributed by atoms with Crippen LogP contribution in [0.4, 0.5) is 0 Å². The minimum absolute atomic E-state index is 0. The number of nitrogens with zero attached hydrogens (tertiary/aromatic N) is 2. The van der Waals surface area contributed by atoms with Crippen molar-refractivity contribution in [2.45, 2.75) is 25.3 Å². The van der Waals surface area contributed by atoms with E-state index in [4.69, 9.17) is 5.73 Å². The summed E-state index contributed by atoms with van der Waals surface area (Å²) < 4.78 is 0. The molecular formula is C23H31Cl2N3O. The Morgan fingerprint density at radius 3 is 2.38 bits per heavy atom. The molecule has 4 nitrogen and oxygen atoms in total. The molecule has 0 spiro atoms. The molecule has 0 aliphatic carbocycles. The molecule has 0 radical (unpaired) electrons. The first kappa shape index (κ1) is 23.7. The molecule has 0 unspecified atom stereocenters. The van der Waals surface area contributed by atoms with Crippen LogP contribution in [-0.2, 0) is 6.54 Å². The fourth-order valence-corrected chi connectivity index (χ4v) is 4.54. The molecule has 0 saturated carbocycles. The van der Waals surface area contributed by atoms with Gasteiger partial charge in [-0.05, 0) is 61.7 Å². The number of carbonyl (C=O) groups excluding carboxylic acids is 1. The second-order valence-corrected chi connectivity index (χ2v) is 7.91. The Morgan fingerprint density at radius 1 is 0.966 bits per heavy atom. The van der Waals surface area contributed by atoms with E-state index in [0.29, 0.717) is 18.4 Å². The topological polar surface area (TPSA) is 49.6 Å². The van der Waals surface area contributed by atoms with Crippen LogP contribution in [0.5, 0.6) is 0 Å². The predicted molar refractivity (Wildman–Crippen MR) is 123 cm³/mol. The summed E-state index contributed by atoms with van der Waals surface area (Å²) in [5, 5.41) is 0. The van der Waals surface area contributed by atoms with Gasteiger partial charge in [-0.15, -0.1) is 24.8 Å². The number of amides is 1. The average Bonchev–Trinajstić information content (AvgIpc) is 3.38. The molecule has 4 rings (SSSR count). The minimum atomic E-state index is 0. The van der Waals surface area contributed by atoms with Crippen molar-refractivity contribution in [3.05, 3.63) is 71.3 Å². The highest BCUT2D eigenvalue weighted by atomic mass is 35.5. The lowest BCUT2D eigenvalue weighted by Gasteiger charge is -2.18. The first-order valence-corrected chi connectivity index (χ1v) is 10.1. The largest absolute Gasteiger partial charge is 0.338 e. The van der Waals surface area contributed by atoms with Crippen molar-refractivity contribution < 1.29 is 4.79 Å². The lowest BCUT2D eigenvalue weighted by atomic mass is 9.89. The molecule has 2 saturated heterocycles. The van der Waals surface area contributed by atoms with E-state index in [1.807, 2.05) is 23.1 Å². The van der Waals surface area contributed by atoms with Crippen LogP contribution in [0.25, 0.3) is 0 Å². The molecule has 2 aromatic rings. The SMILES string of the molecule is Cl.Cl.NC[C@@H]1CN(C(=O)c2cccc(CN3CCCC3)c2)C[C@H]1c1ccccc1. The van der Waals surface area contributed by atoms with Gasteiger partial charge in [0, 0.05) is 31.1 Å². The summed E-state index contributed by atoms with van der Waals surface area (Å²) in [6.45, 7) is 5.38. The van der Waals surface area contributed by atoms with Crippen LogP contribution in [0, 0.1) is 5.92 Å².